The molecule has 1 heterocycles. The van der Waals surface area contributed by atoms with Crippen LogP contribution in [-0.4, -0.2) is 26.8 Å². The maximum absolute atomic E-state index is 10.8. The van der Waals surface area contributed by atoms with E-state index in [9.17, 15) is 9.59 Å². The summed E-state index contributed by atoms with van der Waals surface area (Å²) in [6, 6.07) is 0. The fourth-order valence-electron chi connectivity index (χ4n) is 1.23. The molecule has 0 atom stereocenters. The number of hydrogen-bond donors (Lipinski definition) is 2. The van der Waals surface area contributed by atoms with Crippen LogP contribution < -0.4 is 5.32 Å². The third-order valence-electron chi connectivity index (χ3n) is 1.73. The van der Waals surface area contributed by atoms with Crippen LogP contribution in [0.3, 0.4) is 0 Å². The van der Waals surface area contributed by atoms with Crippen LogP contribution in [0.2, 0.25) is 0 Å². The number of carbonyl (C=O) groups excluding carboxylic acids is 1. The number of anilines is 1. The summed E-state index contributed by atoms with van der Waals surface area (Å²) >= 11 is 0. The zero-order chi connectivity index (χ0) is 10.9. The molecular weight excluding hydrogens is 186 g/mol. The average molecular weight is 197 g/mol. The topological polar surface area (TPSA) is 84.2 Å². The van der Waals surface area contributed by atoms with E-state index < -0.39 is 5.97 Å². The van der Waals surface area contributed by atoms with Crippen LogP contribution in [0.5, 0.6) is 0 Å². The van der Waals surface area contributed by atoms with Gasteiger partial charge in [-0.05, 0) is 6.92 Å². The number of amides is 1. The number of aryl methyl sites for hydroxylation is 2. The third-order valence-corrected chi connectivity index (χ3v) is 1.73. The van der Waals surface area contributed by atoms with Gasteiger partial charge >= 0.3 is 5.97 Å². The fraction of sp³-hybridized carbons (Fsp3) is 0.375. The molecule has 0 aromatic carbocycles. The second kappa shape index (κ2) is 3.49. The molecule has 2 N–H and O–H groups in total. The molecule has 0 saturated heterocycles. The highest BCUT2D eigenvalue weighted by molar-refractivity contribution is 5.99. The van der Waals surface area contributed by atoms with Crippen LogP contribution in [0.1, 0.15) is 23.1 Å². The summed E-state index contributed by atoms with van der Waals surface area (Å²) in [5.74, 6) is -1.43. The number of rotatable bonds is 2. The Hall–Kier alpha value is -1.85. The van der Waals surface area contributed by atoms with Gasteiger partial charge in [-0.15, -0.1) is 0 Å². The molecule has 0 saturated carbocycles. The zero-order valence-corrected chi connectivity index (χ0v) is 8.16. The molecule has 0 aliphatic rings. The first kappa shape index (κ1) is 10.2. The van der Waals surface area contributed by atoms with E-state index in [1.54, 1.807) is 6.92 Å². The predicted octanol–water partition coefficient (Wildman–Crippen LogP) is 0.385. The van der Waals surface area contributed by atoms with Crippen molar-refractivity contribution in [2.75, 3.05) is 5.32 Å². The number of aromatic nitrogens is 2. The van der Waals surface area contributed by atoms with Crippen molar-refractivity contribution in [2.24, 2.45) is 7.05 Å². The quantitative estimate of drug-likeness (QED) is 0.718. The van der Waals surface area contributed by atoms with Gasteiger partial charge in [0.25, 0.3) is 0 Å². The van der Waals surface area contributed by atoms with Crippen LogP contribution in [-0.2, 0) is 11.8 Å². The van der Waals surface area contributed by atoms with E-state index in [2.05, 4.69) is 10.4 Å². The Morgan fingerprint density at radius 3 is 2.50 bits per heavy atom. The zero-order valence-electron chi connectivity index (χ0n) is 8.16. The van der Waals surface area contributed by atoms with Gasteiger partial charge in [0.05, 0.1) is 11.4 Å². The van der Waals surface area contributed by atoms with Crippen molar-refractivity contribution in [3.05, 3.63) is 11.4 Å². The molecule has 0 unspecified atom stereocenters. The molecule has 76 valence electrons. The summed E-state index contributed by atoms with van der Waals surface area (Å²) in [6.45, 7) is 2.95. The molecule has 14 heavy (non-hydrogen) atoms. The lowest BCUT2D eigenvalue weighted by atomic mass is 10.3. The van der Waals surface area contributed by atoms with Crippen molar-refractivity contribution < 1.29 is 14.7 Å². The minimum atomic E-state index is -1.11. The number of nitrogens with one attached hydrogen (secondary N) is 1. The molecule has 0 spiro atoms. The van der Waals surface area contributed by atoms with E-state index in [0.717, 1.165) is 0 Å². The van der Waals surface area contributed by atoms with Gasteiger partial charge < -0.3 is 10.4 Å². The van der Waals surface area contributed by atoms with Crippen molar-refractivity contribution in [2.45, 2.75) is 13.8 Å². The minimum Gasteiger partial charge on any atom is -0.476 e. The third kappa shape index (κ3) is 1.73. The lowest BCUT2D eigenvalue weighted by molar-refractivity contribution is -0.114. The highest BCUT2D eigenvalue weighted by Crippen LogP contribution is 2.19. The Kier molecular flexibility index (Phi) is 2.55. The second-order valence-corrected chi connectivity index (χ2v) is 2.92. The smallest absolute Gasteiger partial charge is 0.356 e. The fourth-order valence-corrected chi connectivity index (χ4v) is 1.23. The Morgan fingerprint density at radius 1 is 1.50 bits per heavy atom. The van der Waals surface area contributed by atoms with E-state index >= 15 is 0 Å². The minimum absolute atomic E-state index is 0.0160. The Morgan fingerprint density at radius 2 is 2.07 bits per heavy atom. The maximum atomic E-state index is 10.8. The molecule has 0 radical (unpaired) electrons. The molecular formula is C8H11N3O3. The maximum Gasteiger partial charge on any atom is 0.356 e. The number of nitrogens with zero attached hydrogens (tertiary/aromatic N) is 2. The second-order valence-electron chi connectivity index (χ2n) is 2.92. The SMILES string of the molecule is CC(=O)Nc1c(C)nn(C)c1C(=O)O. The Labute approximate surface area is 80.5 Å². The first-order valence-electron chi connectivity index (χ1n) is 3.98. The summed E-state index contributed by atoms with van der Waals surface area (Å²) in [6.07, 6.45) is 0. The number of aromatic carboxylic acids is 1. The highest BCUT2D eigenvalue weighted by atomic mass is 16.4. The van der Waals surface area contributed by atoms with Crippen LogP contribution in [0, 0.1) is 6.92 Å². The van der Waals surface area contributed by atoms with Crippen molar-refractivity contribution in [3.8, 4) is 0 Å². The number of carboxylic acids is 1. The van der Waals surface area contributed by atoms with Crippen LogP contribution in [0.15, 0.2) is 0 Å². The van der Waals surface area contributed by atoms with E-state index in [1.165, 1.54) is 18.7 Å². The summed E-state index contributed by atoms with van der Waals surface area (Å²) in [5.41, 5.74) is 0.727. The first-order valence-corrected chi connectivity index (χ1v) is 3.98. The molecule has 1 aromatic rings. The lowest BCUT2D eigenvalue weighted by Crippen LogP contribution is -2.12. The first-order chi connectivity index (χ1) is 6.43. The number of carbonyl (C=O) groups is 2. The van der Waals surface area contributed by atoms with Crippen LogP contribution in [0.25, 0.3) is 0 Å². The van der Waals surface area contributed by atoms with E-state index in [4.69, 9.17) is 5.11 Å². The molecule has 0 fully saturated rings. The van der Waals surface area contributed by atoms with Gasteiger partial charge in [0.15, 0.2) is 5.69 Å². The van der Waals surface area contributed by atoms with Gasteiger partial charge in [-0.1, -0.05) is 0 Å². The molecule has 1 aromatic heterocycles. The van der Waals surface area contributed by atoms with E-state index in [0.29, 0.717) is 5.69 Å². The van der Waals surface area contributed by atoms with Gasteiger partial charge in [-0.3, -0.25) is 9.48 Å². The van der Waals surface area contributed by atoms with E-state index in [1.807, 2.05) is 0 Å². The summed E-state index contributed by atoms with van der Waals surface area (Å²) < 4.78 is 1.23. The Bertz CT molecular complexity index is 395. The van der Waals surface area contributed by atoms with Gasteiger partial charge in [-0.25, -0.2) is 4.79 Å². The predicted molar refractivity (Wildman–Crippen MR) is 49.2 cm³/mol. The number of carboxylic acid groups (broad SMARTS) is 1. The van der Waals surface area contributed by atoms with E-state index in [-0.39, 0.29) is 17.3 Å². The summed E-state index contributed by atoms with van der Waals surface area (Å²) in [4.78, 5) is 21.6. The van der Waals surface area contributed by atoms with Crippen molar-refractivity contribution >= 4 is 17.6 Å². The number of hydrogen-bond acceptors (Lipinski definition) is 3. The van der Waals surface area contributed by atoms with Crippen LogP contribution in [0.4, 0.5) is 5.69 Å². The van der Waals surface area contributed by atoms with Crippen molar-refractivity contribution in [1.29, 1.82) is 0 Å². The highest BCUT2D eigenvalue weighted by Gasteiger charge is 2.19. The van der Waals surface area contributed by atoms with Gasteiger partial charge in [0.1, 0.15) is 0 Å². The average Bonchev–Trinajstić information content (AvgIpc) is 2.25. The molecule has 6 nitrogen and oxygen atoms in total. The largest absolute Gasteiger partial charge is 0.476 e. The summed E-state index contributed by atoms with van der Waals surface area (Å²) in [5, 5.41) is 15.2. The standard InChI is InChI=1S/C8H11N3O3/c1-4-6(9-5(2)12)7(8(13)14)11(3)10-4/h1-3H3,(H,9,12)(H,13,14). The molecule has 0 bridgehead atoms. The Balaban J connectivity index is 3.24. The normalized spacial score (nSPS) is 9.93. The van der Waals surface area contributed by atoms with Gasteiger partial charge in [0.2, 0.25) is 5.91 Å². The molecule has 0 aliphatic carbocycles. The molecule has 0 aliphatic heterocycles. The van der Waals surface area contributed by atoms with Crippen LogP contribution >= 0.6 is 0 Å². The molecule has 6 heteroatoms. The van der Waals surface area contributed by atoms with Gasteiger partial charge in [-0.2, -0.15) is 5.10 Å². The lowest BCUT2D eigenvalue weighted by Gasteiger charge is -2.01. The molecule has 1 rings (SSSR count). The monoisotopic (exact) mass is 197 g/mol. The van der Waals surface area contributed by atoms with Crippen molar-refractivity contribution in [3.63, 3.8) is 0 Å². The molecule has 1 amide bonds. The summed E-state index contributed by atoms with van der Waals surface area (Å²) in [7, 11) is 1.52. The van der Waals surface area contributed by atoms with Gasteiger partial charge in [0, 0.05) is 14.0 Å². The van der Waals surface area contributed by atoms with Crippen molar-refractivity contribution in [1.82, 2.24) is 9.78 Å².